The van der Waals surface area contributed by atoms with Crippen molar-refractivity contribution in [3.05, 3.63) is 29.7 Å². The van der Waals surface area contributed by atoms with E-state index in [1.807, 2.05) is 26.0 Å². The molecule has 2 aromatic heterocycles. The Balaban J connectivity index is 1.81. The quantitative estimate of drug-likeness (QED) is 0.629. The third-order valence-corrected chi connectivity index (χ3v) is 5.30. The summed E-state index contributed by atoms with van der Waals surface area (Å²) in [6.45, 7) is 4.79. The maximum absolute atomic E-state index is 11.8. The van der Waals surface area contributed by atoms with Gasteiger partial charge in [-0.2, -0.15) is 0 Å². The van der Waals surface area contributed by atoms with Gasteiger partial charge in [-0.3, -0.25) is 4.79 Å². The Morgan fingerprint density at radius 3 is 2.78 bits per heavy atom. The van der Waals surface area contributed by atoms with E-state index in [1.165, 1.54) is 0 Å². The number of carbonyl (C=O) groups is 1. The molecule has 0 radical (unpaired) electrons. The first-order valence-corrected chi connectivity index (χ1v) is 9.30. The van der Waals surface area contributed by atoms with E-state index in [-0.39, 0.29) is 24.5 Å². The summed E-state index contributed by atoms with van der Waals surface area (Å²) in [6, 6.07) is 4.02. The molecule has 0 aromatic carbocycles. The minimum absolute atomic E-state index is 0.0697. The second-order valence-electron chi connectivity index (χ2n) is 7.40. The van der Waals surface area contributed by atoms with Crippen molar-refractivity contribution in [3.63, 3.8) is 0 Å². The third kappa shape index (κ3) is 4.24. The van der Waals surface area contributed by atoms with E-state index < -0.39 is 11.9 Å². The van der Waals surface area contributed by atoms with Crippen molar-refractivity contribution < 1.29 is 15.0 Å². The predicted octanol–water partition coefficient (Wildman–Crippen LogP) is 1.24. The van der Waals surface area contributed by atoms with Gasteiger partial charge in [-0.05, 0) is 47.2 Å². The van der Waals surface area contributed by atoms with Gasteiger partial charge in [-0.1, -0.05) is 19.9 Å². The molecule has 1 aliphatic rings. The number of aliphatic hydroxyl groups excluding tert-OH is 1. The molecule has 27 heavy (non-hydrogen) atoms. The molecule has 1 aliphatic heterocycles. The number of tetrazole rings is 1. The van der Waals surface area contributed by atoms with Crippen LogP contribution < -0.4 is 4.90 Å². The van der Waals surface area contributed by atoms with Crippen molar-refractivity contribution in [2.75, 3.05) is 18.1 Å². The van der Waals surface area contributed by atoms with Gasteiger partial charge in [0.2, 0.25) is 0 Å². The number of nitrogens with one attached hydrogen (secondary N) is 1. The first-order valence-electron chi connectivity index (χ1n) is 9.30. The molecule has 0 saturated carbocycles. The highest BCUT2D eigenvalue weighted by Gasteiger charge is 2.34. The number of aliphatic hydroxyl groups is 1. The number of H-pyrrole nitrogens is 1. The molecule has 9 nitrogen and oxygen atoms in total. The van der Waals surface area contributed by atoms with Crippen molar-refractivity contribution >= 4 is 11.8 Å². The van der Waals surface area contributed by atoms with Crippen LogP contribution in [-0.2, 0) is 11.2 Å². The summed E-state index contributed by atoms with van der Waals surface area (Å²) in [5.74, 6) is -0.607. The molecule has 1 fully saturated rings. The maximum atomic E-state index is 11.8. The van der Waals surface area contributed by atoms with E-state index in [4.69, 9.17) is 0 Å². The lowest BCUT2D eigenvalue weighted by Gasteiger charge is -2.26. The molecule has 0 aliphatic carbocycles. The van der Waals surface area contributed by atoms with Crippen LogP contribution in [0.1, 0.15) is 44.0 Å². The number of aliphatic carboxylic acids is 1. The van der Waals surface area contributed by atoms with Crippen molar-refractivity contribution in [1.82, 2.24) is 25.6 Å². The second kappa shape index (κ2) is 8.43. The first-order chi connectivity index (χ1) is 13.0. The molecule has 146 valence electrons. The fourth-order valence-electron chi connectivity index (χ4n) is 3.93. The van der Waals surface area contributed by atoms with Crippen LogP contribution in [0.25, 0.3) is 0 Å². The standard InChI is InChI=1S/C18H26N6O3/c1-11(2)16(18(26)27)14(17-20-22-23-21-17)8-12-5-6-15(19-9-12)24-7-3-4-13(24)10-25/h5-6,9,11,13-14,16,25H,3-4,7-8,10H2,1-2H3,(H,26,27)(H,20,21,22,23)/t13-,14-,16-/m0/s1. The summed E-state index contributed by atoms with van der Waals surface area (Å²) in [5.41, 5.74) is 0.923. The lowest BCUT2D eigenvalue weighted by molar-refractivity contribution is -0.144. The highest BCUT2D eigenvalue weighted by molar-refractivity contribution is 5.71. The van der Waals surface area contributed by atoms with E-state index in [0.29, 0.717) is 12.2 Å². The Bertz CT molecular complexity index is 734. The summed E-state index contributed by atoms with van der Waals surface area (Å²) < 4.78 is 0. The number of hydrogen-bond acceptors (Lipinski definition) is 7. The van der Waals surface area contributed by atoms with Crippen LogP contribution in [0.15, 0.2) is 18.3 Å². The number of carboxylic acids is 1. The molecule has 2 aromatic rings. The molecule has 3 atom stereocenters. The van der Waals surface area contributed by atoms with Gasteiger partial charge in [0.25, 0.3) is 0 Å². The molecule has 3 rings (SSSR count). The Morgan fingerprint density at radius 2 is 2.22 bits per heavy atom. The topological polar surface area (TPSA) is 128 Å². The molecule has 1 saturated heterocycles. The molecule has 3 N–H and O–H groups in total. The van der Waals surface area contributed by atoms with Gasteiger partial charge in [0.05, 0.1) is 18.6 Å². The van der Waals surface area contributed by atoms with Crippen LogP contribution in [0.5, 0.6) is 0 Å². The SMILES string of the molecule is CC(C)[C@H](C(=O)O)[C@H](Cc1ccc(N2CCC[C@H]2CO)nc1)c1nnn[nH]1. The number of hydrogen-bond donors (Lipinski definition) is 3. The Kier molecular flexibility index (Phi) is 6.00. The Labute approximate surface area is 157 Å². The summed E-state index contributed by atoms with van der Waals surface area (Å²) in [4.78, 5) is 18.5. The number of carboxylic acid groups (broad SMARTS) is 1. The maximum Gasteiger partial charge on any atom is 0.307 e. The average Bonchev–Trinajstić information content (AvgIpc) is 3.32. The Morgan fingerprint density at radius 1 is 1.41 bits per heavy atom. The van der Waals surface area contributed by atoms with Crippen LogP contribution in [0, 0.1) is 11.8 Å². The smallest absolute Gasteiger partial charge is 0.307 e. The molecular formula is C18H26N6O3. The van der Waals surface area contributed by atoms with Crippen molar-refractivity contribution in [3.8, 4) is 0 Å². The number of pyridine rings is 1. The van der Waals surface area contributed by atoms with Crippen LogP contribution >= 0.6 is 0 Å². The van der Waals surface area contributed by atoms with Crippen LogP contribution in [0.4, 0.5) is 5.82 Å². The number of nitrogens with zero attached hydrogens (tertiary/aromatic N) is 5. The summed E-state index contributed by atoms with van der Waals surface area (Å²) in [7, 11) is 0. The molecule has 9 heteroatoms. The Hall–Kier alpha value is -2.55. The van der Waals surface area contributed by atoms with Crippen LogP contribution in [0.3, 0.4) is 0 Å². The zero-order valence-electron chi connectivity index (χ0n) is 15.6. The number of aromatic nitrogens is 5. The number of anilines is 1. The van der Waals surface area contributed by atoms with E-state index in [0.717, 1.165) is 30.8 Å². The fourth-order valence-corrected chi connectivity index (χ4v) is 3.93. The number of rotatable bonds is 8. The highest BCUT2D eigenvalue weighted by atomic mass is 16.4. The van der Waals surface area contributed by atoms with E-state index in [9.17, 15) is 15.0 Å². The molecule has 3 heterocycles. The van der Waals surface area contributed by atoms with E-state index in [2.05, 4.69) is 30.5 Å². The summed E-state index contributed by atoms with van der Waals surface area (Å²) in [6.07, 6.45) is 4.26. The van der Waals surface area contributed by atoms with Crippen LogP contribution in [0.2, 0.25) is 0 Å². The monoisotopic (exact) mass is 374 g/mol. The first kappa shape index (κ1) is 19.2. The predicted molar refractivity (Wildman–Crippen MR) is 98.3 cm³/mol. The van der Waals surface area contributed by atoms with Gasteiger partial charge in [0.1, 0.15) is 5.82 Å². The van der Waals surface area contributed by atoms with E-state index in [1.54, 1.807) is 6.20 Å². The van der Waals surface area contributed by atoms with Crippen LogP contribution in [-0.4, -0.2) is 61.0 Å². The second-order valence-corrected chi connectivity index (χ2v) is 7.40. The van der Waals surface area contributed by atoms with Crippen molar-refractivity contribution in [2.45, 2.75) is 45.1 Å². The summed E-state index contributed by atoms with van der Waals surface area (Å²) in [5, 5.41) is 33.1. The average molecular weight is 374 g/mol. The molecule has 0 spiro atoms. The molecule has 0 bridgehead atoms. The van der Waals surface area contributed by atoms with Gasteiger partial charge in [-0.25, -0.2) is 10.1 Å². The minimum atomic E-state index is -0.862. The largest absolute Gasteiger partial charge is 0.481 e. The molecular weight excluding hydrogens is 348 g/mol. The summed E-state index contributed by atoms with van der Waals surface area (Å²) >= 11 is 0. The minimum Gasteiger partial charge on any atom is -0.481 e. The lowest BCUT2D eigenvalue weighted by Crippen LogP contribution is -2.32. The highest BCUT2D eigenvalue weighted by Crippen LogP contribution is 2.32. The third-order valence-electron chi connectivity index (χ3n) is 5.30. The lowest BCUT2D eigenvalue weighted by atomic mass is 9.79. The van der Waals surface area contributed by atoms with Crippen molar-refractivity contribution in [2.24, 2.45) is 11.8 Å². The van der Waals surface area contributed by atoms with Gasteiger partial charge in [0, 0.05) is 18.7 Å². The van der Waals surface area contributed by atoms with E-state index >= 15 is 0 Å². The zero-order chi connectivity index (χ0) is 19.4. The fraction of sp³-hybridized carbons (Fsp3) is 0.611. The molecule has 0 unspecified atom stereocenters. The zero-order valence-corrected chi connectivity index (χ0v) is 15.6. The van der Waals surface area contributed by atoms with Crippen molar-refractivity contribution in [1.29, 1.82) is 0 Å². The van der Waals surface area contributed by atoms with Gasteiger partial charge >= 0.3 is 5.97 Å². The van der Waals surface area contributed by atoms with Gasteiger partial charge in [0.15, 0.2) is 5.82 Å². The normalized spacial score (nSPS) is 19.4. The van der Waals surface area contributed by atoms with Gasteiger partial charge in [-0.15, -0.1) is 5.10 Å². The van der Waals surface area contributed by atoms with Gasteiger partial charge < -0.3 is 15.1 Å². The number of aromatic amines is 1. The molecule has 0 amide bonds.